The van der Waals surface area contributed by atoms with E-state index in [0.717, 1.165) is 51.8 Å². The van der Waals surface area contributed by atoms with Crippen molar-refractivity contribution in [3.05, 3.63) is 66.2 Å². The van der Waals surface area contributed by atoms with Crippen molar-refractivity contribution in [1.82, 2.24) is 24.7 Å². The quantitative estimate of drug-likeness (QED) is 0.466. The third-order valence-electron chi connectivity index (χ3n) is 6.01. The van der Waals surface area contributed by atoms with E-state index >= 15 is 0 Å². The number of nitrogens with one attached hydrogen (secondary N) is 1. The summed E-state index contributed by atoms with van der Waals surface area (Å²) in [6.07, 6.45) is 8.46. The molecule has 0 spiro atoms. The third kappa shape index (κ3) is 2.58. The molecule has 0 saturated heterocycles. The van der Waals surface area contributed by atoms with E-state index in [0.29, 0.717) is 0 Å². The second-order valence-electron chi connectivity index (χ2n) is 7.83. The van der Waals surface area contributed by atoms with Gasteiger partial charge in [-0.25, -0.2) is 4.98 Å². The first-order valence-electron chi connectivity index (χ1n) is 10.2. The van der Waals surface area contributed by atoms with Gasteiger partial charge in [-0.3, -0.25) is 9.67 Å². The van der Waals surface area contributed by atoms with Crippen molar-refractivity contribution in [2.45, 2.75) is 25.7 Å². The molecular weight excluding hydrogens is 358 g/mol. The van der Waals surface area contributed by atoms with E-state index in [4.69, 9.17) is 10.1 Å². The Balaban J connectivity index is 1.56. The zero-order valence-electron chi connectivity index (χ0n) is 16.3. The Morgan fingerprint density at radius 2 is 1.86 bits per heavy atom. The van der Waals surface area contributed by atoms with Crippen LogP contribution < -0.4 is 0 Å². The van der Waals surface area contributed by atoms with Crippen LogP contribution in [0.25, 0.3) is 44.3 Å². The zero-order valence-corrected chi connectivity index (χ0v) is 16.3. The van der Waals surface area contributed by atoms with E-state index in [2.05, 4.69) is 52.4 Å². The second kappa shape index (κ2) is 6.27. The molecule has 3 aromatic heterocycles. The summed E-state index contributed by atoms with van der Waals surface area (Å²) in [5, 5.41) is 8.28. The molecule has 142 valence electrons. The highest BCUT2D eigenvalue weighted by atomic mass is 15.3. The Bertz CT molecular complexity index is 1350. The summed E-state index contributed by atoms with van der Waals surface area (Å²) in [5.74, 6) is 0.885. The van der Waals surface area contributed by atoms with E-state index in [9.17, 15) is 0 Å². The van der Waals surface area contributed by atoms with Gasteiger partial charge in [0.15, 0.2) is 5.82 Å². The molecule has 0 atom stereocenters. The number of aryl methyl sites for hydroxylation is 3. The van der Waals surface area contributed by atoms with Gasteiger partial charge in [0.05, 0.1) is 11.2 Å². The number of aromatic amines is 1. The number of hydrogen-bond donors (Lipinski definition) is 1. The lowest BCUT2D eigenvalue weighted by Crippen LogP contribution is -2.00. The Morgan fingerprint density at radius 3 is 2.79 bits per heavy atom. The predicted octanol–water partition coefficient (Wildman–Crippen LogP) is 5.06. The van der Waals surface area contributed by atoms with Crippen molar-refractivity contribution >= 4 is 21.7 Å². The molecule has 1 aliphatic carbocycles. The third-order valence-corrected chi connectivity index (χ3v) is 6.01. The molecule has 1 aliphatic rings. The van der Waals surface area contributed by atoms with E-state index in [1.165, 1.54) is 29.6 Å². The minimum atomic E-state index is 0.885. The summed E-state index contributed by atoms with van der Waals surface area (Å²) in [7, 11) is 1.99. The number of hydrogen-bond acceptors (Lipinski definition) is 3. The molecular formula is C24H21N5. The largest absolute Gasteiger partial charge is 0.340 e. The minimum absolute atomic E-state index is 0.885. The monoisotopic (exact) mass is 379 g/mol. The smallest absolute Gasteiger partial charge is 0.159 e. The highest BCUT2D eigenvalue weighted by Crippen LogP contribution is 2.34. The SMILES string of the molecule is Cn1nc(-c2nc3c([nH]2)CCCC3)c2cc(-c3cncc4ccccc34)ccc21. The Hall–Kier alpha value is -3.47. The van der Waals surface area contributed by atoms with Gasteiger partial charge < -0.3 is 4.98 Å². The lowest BCUT2D eigenvalue weighted by molar-refractivity contribution is 0.667. The molecule has 0 aliphatic heterocycles. The summed E-state index contributed by atoms with van der Waals surface area (Å²) < 4.78 is 1.94. The van der Waals surface area contributed by atoms with Gasteiger partial charge in [0.1, 0.15) is 5.69 Å². The molecule has 2 aromatic carbocycles. The first-order chi connectivity index (χ1) is 14.3. The molecule has 0 bridgehead atoms. The number of fused-ring (bicyclic) bond motifs is 3. The molecule has 6 rings (SSSR count). The summed E-state index contributed by atoms with van der Waals surface area (Å²) >= 11 is 0. The molecule has 0 radical (unpaired) electrons. The fourth-order valence-corrected chi connectivity index (χ4v) is 4.52. The van der Waals surface area contributed by atoms with Gasteiger partial charge in [-0.1, -0.05) is 30.3 Å². The average Bonchev–Trinajstić information content (AvgIpc) is 3.34. The lowest BCUT2D eigenvalue weighted by Gasteiger charge is -2.07. The van der Waals surface area contributed by atoms with Gasteiger partial charge in [-0.2, -0.15) is 5.10 Å². The standard InChI is InChI=1S/C24H21N5/c1-29-22-11-10-15(19-14-25-13-16-6-2-3-7-17(16)19)12-18(22)23(28-29)24-26-20-8-4-5-9-21(20)27-24/h2-3,6-7,10-14H,4-5,8-9H2,1H3,(H,26,27). The van der Waals surface area contributed by atoms with Gasteiger partial charge in [0.2, 0.25) is 0 Å². The Kier molecular flexibility index (Phi) is 3.57. The van der Waals surface area contributed by atoms with Crippen LogP contribution in [0.2, 0.25) is 0 Å². The maximum atomic E-state index is 4.89. The van der Waals surface area contributed by atoms with Gasteiger partial charge in [-0.05, 0) is 48.8 Å². The number of aromatic nitrogens is 5. The topological polar surface area (TPSA) is 59.4 Å². The zero-order chi connectivity index (χ0) is 19.4. The predicted molar refractivity (Wildman–Crippen MR) is 116 cm³/mol. The van der Waals surface area contributed by atoms with Crippen LogP contribution in [-0.2, 0) is 19.9 Å². The van der Waals surface area contributed by atoms with E-state index in [1.54, 1.807) is 0 Å². The van der Waals surface area contributed by atoms with Gasteiger partial charge in [0.25, 0.3) is 0 Å². The molecule has 1 N–H and O–H groups in total. The lowest BCUT2D eigenvalue weighted by atomic mass is 9.99. The molecule has 0 unspecified atom stereocenters. The van der Waals surface area contributed by atoms with Crippen LogP contribution in [-0.4, -0.2) is 24.7 Å². The van der Waals surface area contributed by atoms with Crippen LogP contribution in [0.3, 0.4) is 0 Å². The normalized spacial score (nSPS) is 13.8. The maximum absolute atomic E-state index is 4.89. The van der Waals surface area contributed by atoms with Crippen LogP contribution >= 0.6 is 0 Å². The summed E-state index contributed by atoms with van der Waals surface area (Å²) in [5.41, 5.74) is 6.79. The van der Waals surface area contributed by atoms with Crippen LogP contribution in [0.5, 0.6) is 0 Å². The number of H-pyrrole nitrogens is 1. The van der Waals surface area contributed by atoms with Gasteiger partial charge >= 0.3 is 0 Å². The second-order valence-corrected chi connectivity index (χ2v) is 7.83. The van der Waals surface area contributed by atoms with Crippen LogP contribution in [0.4, 0.5) is 0 Å². The highest BCUT2D eigenvalue weighted by Gasteiger charge is 2.19. The van der Waals surface area contributed by atoms with Crippen molar-refractivity contribution in [3.63, 3.8) is 0 Å². The molecule has 29 heavy (non-hydrogen) atoms. The van der Waals surface area contributed by atoms with Crippen LogP contribution in [0.1, 0.15) is 24.2 Å². The average molecular weight is 379 g/mol. The maximum Gasteiger partial charge on any atom is 0.159 e. The van der Waals surface area contributed by atoms with E-state index in [-0.39, 0.29) is 0 Å². The van der Waals surface area contributed by atoms with E-state index in [1.807, 2.05) is 24.1 Å². The number of imidazole rings is 1. The minimum Gasteiger partial charge on any atom is -0.340 e. The van der Waals surface area contributed by atoms with Gasteiger partial charge in [-0.15, -0.1) is 0 Å². The molecule has 5 aromatic rings. The van der Waals surface area contributed by atoms with Crippen molar-refractivity contribution in [2.24, 2.45) is 7.05 Å². The highest BCUT2D eigenvalue weighted by molar-refractivity contribution is 6.00. The number of pyridine rings is 1. The number of benzene rings is 2. The molecule has 3 heterocycles. The summed E-state index contributed by atoms with van der Waals surface area (Å²) in [4.78, 5) is 12.9. The van der Waals surface area contributed by atoms with Crippen molar-refractivity contribution in [3.8, 4) is 22.6 Å². The van der Waals surface area contributed by atoms with Crippen molar-refractivity contribution < 1.29 is 0 Å². The van der Waals surface area contributed by atoms with Crippen LogP contribution in [0.15, 0.2) is 54.9 Å². The summed E-state index contributed by atoms with van der Waals surface area (Å²) in [6.45, 7) is 0. The Labute approximate surface area is 168 Å². The number of rotatable bonds is 2. The fraction of sp³-hybridized carbons (Fsp3) is 0.208. The van der Waals surface area contributed by atoms with Gasteiger partial charge in [0, 0.05) is 41.5 Å². The van der Waals surface area contributed by atoms with E-state index < -0.39 is 0 Å². The molecule has 5 heteroatoms. The Morgan fingerprint density at radius 1 is 0.966 bits per heavy atom. The van der Waals surface area contributed by atoms with Crippen molar-refractivity contribution in [1.29, 1.82) is 0 Å². The number of nitrogens with zero attached hydrogens (tertiary/aromatic N) is 4. The van der Waals surface area contributed by atoms with Crippen LogP contribution in [0, 0.1) is 0 Å². The summed E-state index contributed by atoms with van der Waals surface area (Å²) in [6, 6.07) is 14.9. The van der Waals surface area contributed by atoms with Crippen molar-refractivity contribution in [2.75, 3.05) is 0 Å². The molecule has 5 nitrogen and oxygen atoms in total. The first kappa shape index (κ1) is 16.5. The molecule has 0 amide bonds. The first-order valence-corrected chi connectivity index (χ1v) is 10.2. The molecule has 0 saturated carbocycles. The fourth-order valence-electron chi connectivity index (χ4n) is 4.52. The molecule has 0 fully saturated rings.